The van der Waals surface area contributed by atoms with E-state index in [9.17, 15) is 26.3 Å². The summed E-state index contributed by atoms with van der Waals surface area (Å²) in [5.74, 6) is 0. The number of benzene rings is 1. The van der Waals surface area contributed by atoms with Crippen LogP contribution in [0.4, 0.5) is 26.3 Å². The Morgan fingerprint density at radius 2 is 1.30 bits per heavy atom. The molecule has 1 aromatic carbocycles. The fourth-order valence-electron chi connectivity index (χ4n) is 1.75. The molecule has 20 heavy (non-hydrogen) atoms. The first-order valence-corrected chi connectivity index (χ1v) is 8.72. The quantitative estimate of drug-likeness (QED) is 0.601. The maximum absolute atomic E-state index is 12.7. The van der Waals surface area contributed by atoms with Crippen molar-refractivity contribution >= 4 is 13.5 Å². The number of alkyl halides is 6. The zero-order valence-corrected chi connectivity index (χ0v) is 12.1. The fourth-order valence-corrected chi connectivity index (χ4v) is 3.64. The third-order valence-electron chi connectivity index (χ3n) is 2.79. The molecular formula is C12H14F6OSi. The third kappa shape index (κ3) is 3.98. The summed E-state index contributed by atoms with van der Waals surface area (Å²) in [5.41, 5.74) is -2.61. The summed E-state index contributed by atoms with van der Waals surface area (Å²) in [5, 5.41) is -0.0264. The maximum atomic E-state index is 12.7. The lowest BCUT2D eigenvalue weighted by Crippen LogP contribution is -2.45. The maximum Gasteiger partial charge on any atom is 0.416 e. The molecule has 0 N–H and O–H groups in total. The van der Waals surface area contributed by atoms with Crippen molar-refractivity contribution in [3.8, 4) is 0 Å². The molecule has 0 unspecified atom stereocenters. The highest BCUT2D eigenvalue weighted by Crippen LogP contribution is 2.35. The van der Waals surface area contributed by atoms with Crippen molar-refractivity contribution in [1.82, 2.24) is 0 Å². The average molecular weight is 316 g/mol. The number of hydrogen-bond acceptors (Lipinski definition) is 1. The topological polar surface area (TPSA) is 9.23 Å². The summed E-state index contributed by atoms with van der Waals surface area (Å²) in [6.45, 7) is 5.00. The molecule has 1 aromatic rings. The summed E-state index contributed by atoms with van der Waals surface area (Å²) in [7, 11) is -2.80. The molecule has 0 fully saturated rings. The molecule has 1 rings (SSSR count). The van der Waals surface area contributed by atoms with Gasteiger partial charge < -0.3 is 4.43 Å². The summed E-state index contributed by atoms with van der Waals surface area (Å²) < 4.78 is 81.7. The minimum absolute atomic E-state index is 0.0264. The lowest BCUT2D eigenvalue weighted by atomic mass is 10.1. The monoisotopic (exact) mass is 316 g/mol. The van der Waals surface area contributed by atoms with Gasteiger partial charge in [0.15, 0.2) is 0 Å². The van der Waals surface area contributed by atoms with Crippen molar-refractivity contribution in [2.24, 2.45) is 0 Å². The molecule has 0 radical (unpaired) electrons. The van der Waals surface area contributed by atoms with Gasteiger partial charge in [0.2, 0.25) is 8.32 Å². The van der Waals surface area contributed by atoms with Crippen LogP contribution >= 0.6 is 0 Å². The fraction of sp³-hybridized carbons (Fsp3) is 0.500. The molecule has 114 valence electrons. The van der Waals surface area contributed by atoms with E-state index in [4.69, 9.17) is 4.43 Å². The molecule has 0 saturated carbocycles. The normalized spacial score (nSPS) is 13.7. The lowest BCUT2D eigenvalue weighted by Gasteiger charge is -2.24. The molecule has 0 heterocycles. The average Bonchev–Trinajstić information content (AvgIpc) is 2.26. The minimum atomic E-state index is -4.83. The van der Waals surface area contributed by atoms with Crippen molar-refractivity contribution in [1.29, 1.82) is 0 Å². The Morgan fingerprint density at radius 1 is 0.900 bits per heavy atom. The van der Waals surface area contributed by atoms with Gasteiger partial charge in [0.1, 0.15) is 0 Å². The van der Waals surface area contributed by atoms with E-state index in [-0.39, 0.29) is 17.9 Å². The smallest absolute Gasteiger partial charge is 0.413 e. The molecule has 0 saturated heterocycles. The van der Waals surface area contributed by atoms with Crippen LogP contribution in [0.25, 0.3) is 0 Å². The van der Waals surface area contributed by atoms with E-state index in [2.05, 4.69) is 0 Å². The van der Waals surface area contributed by atoms with Crippen LogP contribution in [0.1, 0.15) is 18.1 Å². The van der Waals surface area contributed by atoms with Gasteiger partial charge in [0.05, 0.1) is 11.1 Å². The number of halogens is 6. The molecule has 0 aromatic heterocycles. The van der Waals surface area contributed by atoms with E-state index in [0.717, 1.165) is 12.1 Å². The van der Waals surface area contributed by atoms with Crippen molar-refractivity contribution < 1.29 is 30.8 Å². The summed E-state index contributed by atoms with van der Waals surface area (Å²) in [6.07, 6.45) is -9.65. The van der Waals surface area contributed by atoms with Gasteiger partial charge in [-0.05, 0) is 43.4 Å². The summed E-state index contributed by atoms with van der Waals surface area (Å²) in [4.78, 5) is 0. The Kier molecular flexibility index (Phi) is 4.60. The number of rotatable bonds is 3. The van der Waals surface area contributed by atoms with Crippen LogP contribution in [-0.2, 0) is 16.8 Å². The molecule has 0 amide bonds. The van der Waals surface area contributed by atoms with E-state index < -0.39 is 31.8 Å². The molecule has 0 aliphatic heterocycles. The first kappa shape index (κ1) is 17.0. The van der Waals surface area contributed by atoms with E-state index in [1.807, 2.05) is 0 Å². The van der Waals surface area contributed by atoms with Gasteiger partial charge in [-0.15, -0.1) is 0 Å². The van der Waals surface area contributed by atoms with E-state index in [1.165, 1.54) is 0 Å². The highest BCUT2D eigenvalue weighted by Gasteiger charge is 2.39. The SMILES string of the molecule is CCO[Si](C)(C)c1cc(C(F)(F)F)cc(C(F)(F)F)c1. The standard InChI is InChI=1S/C12H14F6OSi/c1-4-19-20(2,3)10-6-8(11(13,14)15)5-9(7-10)12(16,17)18/h5-7H,4H2,1-3H3. The zero-order valence-electron chi connectivity index (χ0n) is 11.1. The van der Waals surface area contributed by atoms with Gasteiger partial charge in [-0.1, -0.05) is 0 Å². The Labute approximate surface area is 113 Å². The minimum Gasteiger partial charge on any atom is -0.413 e. The second-order valence-corrected chi connectivity index (χ2v) is 8.62. The molecule has 0 bridgehead atoms. The lowest BCUT2D eigenvalue weighted by molar-refractivity contribution is -0.142. The van der Waals surface area contributed by atoms with Gasteiger partial charge in [0, 0.05) is 6.61 Å². The molecule has 0 spiro atoms. The van der Waals surface area contributed by atoms with Crippen LogP contribution in [-0.4, -0.2) is 14.9 Å². The summed E-state index contributed by atoms with van der Waals surface area (Å²) >= 11 is 0. The van der Waals surface area contributed by atoms with E-state index in [0.29, 0.717) is 0 Å². The third-order valence-corrected chi connectivity index (χ3v) is 5.48. The second kappa shape index (κ2) is 5.40. The Morgan fingerprint density at radius 3 is 1.60 bits per heavy atom. The van der Waals surface area contributed by atoms with Crippen LogP contribution in [0.2, 0.25) is 13.1 Å². The van der Waals surface area contributed by atoms with Crippen molar-refractivity contribution in [3.05, 3.63) is 29.3 Å². The predicted octanol–water partition coefficient (Wildman–Crippen LogP) is 4.17. The summed E-state index contributed by atoms with van der Waals surface area (Å²) in [6, 6.07) is 1.62. The predicted molar refractivity (Wildman–Crippen MR) is 65.2 cm³/mol. The van der Waals surface area contributed by atoms with Gasteiger partial charge in [-0.25, -0.2) is 0 Å². The van der Waals surface area contributed by atoms with Gasteiger partial charge >= 0.3 is 12.4 Å². The molecule has 8 heteroatoms. The van der Waals surface area contributed by atoms with Crippen LogP contribution in [0.3, 0.4) is 0 Å². The van der Waals surface area contributed by atoms with Gasteiger partial charge in [-0.2, -0.15) is 26.3 Å². The van der Waals surface area contributed by atoms with Crippen LogP contribution in [0.15, 0.2) is 18.2 Å². The number of hydrogen-bond donors (Lipinski definition) is 0. The Balaban J connectivity index is 3.46. The van der Waals surface area contributed by atoms with Crippen LogP contribution in [0.5, 0.6) is 0 Å². The molecule has 1 nitrogen and oxygen atoms in total. The van der Waals surface area contributed by atoms with Gasteiger partial charge in [0.25, 0.3) is 0 Å². The van der Waals surface area contributed by atoms with Gasteiger partial charge in [-0.3, -0.25) is 0 Å². The Hall–Kier alpha value is -1.02. The first-order chi connectivity index (χ1) is 8.88. The van der Waals surface area contributed by atoms with E-state index >= 15 is 0 Å². The van der Waals surface area contributed by atoms with Crippen molar-refractivity contribution in [3.63, 3.8) is 0 Å². The zero-order chi connectivity index (χ0) is 15.8. The molecule has 0 aliphatic rings. The van der Waals surface area contributed by atoms with Crippen LogP contribution in [0, 0.1) is 0 Å². The highest BCUT2D eigenvalue weighted by atomic mass is 28.4. The van der Waals surface area contributed by atoms with Crippen molar-refractivity contribution in [2.75, 3.05) is 6.61 Å². The second-order valence-electron chi connectivity index (χ2n) is 4.74. The first-order valence-electron chi connectivity index (χ1n) is 5.82. The highest BCUT2D eigenvalue weighted by molar-refractivity contribution is 6.84. The van der Waals surface area contributed by atoms with Crippen LogP contribution < -0.4 is 5.19 Å². The van der Waals surface area contributed by atoms with E-state index in [1.54, 1.807) is 20.0 Å². The Bertz CT molecular complexity index is 446. The molecule has 0 atom stereocenters. The van der Waals surface area contributed by atoms with Crippen molar-refractivity contribution in [2.45, 2.75) is 32.4 Å². The molecular weight excluding hydrogens is 302 g/mol. The molecule has 0 aliphatic carbocycles. The largest absolute Gasteiger partial charge is 0.416 e.